The van der Waals surface area contributed by atoms with Crippen LogP contribution in [0.15, 0.2) is 61.2 Å². The summed E-state index contributed by atoms with van der Waals surface area (Å²) in [5, 5.41) is 1.64. The first-order valence-electron chi connectivity index (χ1n) is 9.25. The van der Waals surface area contributed by atoms with Gasteiger partial charge in [0, 0.05) is 22.4 Å². The van der Waals surface area contributed by atoms with E-state index in [0.717, 1.165) is 15.6 Å². The van der Waals surface area contributed by atoms with E-state index in [1.165, 1.54) is 43.2 Å². The summed E-state index contributed by atoms with van der Waals surface area (Å²) >= 11 is 13.1. The van der Waals surface area contributed by atoms with Gasteiger partial charge in [0.15, 0.2) is 0 Å². The summed E-state index contributed by atoms with van der Waals surface area (Å²) in [6.07, 6.45) is 12.0. The molecule has 26 heavy (non-hydrogen) atoms. The molecule has 4 heteroatoms. The number of rotatable bonds is 4. The van der Waals surface area contributed by atoms with Gasteiger partial charge in [0.1, 0.15) is 0 Å². The molecule has 1 aromatic heterocycles. The van der Waals surface area contributed by atoms with Gasteiger partial charge in [-0.3, -0.25) is 0 Å². The van der Waals surface area contributed by atoms with E-state index in [-0.39, 0.29) is 6.04 Å². The fourth-order valence-corrected chi connectivity index (χ4v) is 4.60. The van der Waals surface area contributed by atoms with Gasteiger partial charge in [-0.15, -0.1) is 0 Å². The van der Waals surface area contributed by atoms with Crippen LogP contribution in [-0.4, -0.2) is 9.55 Å². The molecule has 1 aliphatic rings. The van der Waals surface area contributed by atoms with Crippen molar-refractivity contribution >= 4 is 23.2 Å². The summed E-state index contributed by atoms with van der Waals surface area (Å²) in [6.45, 7) is 0. The maximum atomic E-state index is 6.59. The summed E-state index contributed by atoms with van der Waals surface area (Å²) in [5.41, 5.74) is 3.55. The predicted molar refractivity (Wildman–Crippen MR) is 108 cm³/mol. The molecule has 0 bridgehead atoms. The molecule has 1 aliphatic carbocycles. The second-order valence-electron chi connectivity index (χ2n) is 7.05. The van der Waals surface area contributed by atoms with E-state index in [2.05, 4.69) is 27.8 Å². The van der Waals surface area contributed by atoms with Gasteiger partial charge in [0.05, 0.1) is 12.4 Å². The molecule has 0 N–H and O–H groups in total. The van der Waals surface area contributed by atoms with Crippen LogP contribution in [-0.2, 0) is 0 Å². The van der Waals surface area contributed by atoms with Gasteiger partial charge >= 0.3 is 0 Å². The van der Waals surface area contributed by atoms with Gasteiger partial charge in [0.25, 0.3) is 0 Å². The number of imidazole rings is 1. The largest absolute Gasteiger partial charge is 0.326 e. The van der Waals surface area contributed by atoms with E-state index in [0.29, 0.717) is 5.92 Å². The van der Waals surface area contributed by atoms with Crippen molar-refractivity contribution in [2.75, 3.05) is 0 Å². The van der Waals surface area contributed by atoms with Gasteiger partial charge < -0.3 is 4.57 Å². The average molecular weight is 385 g/mol. The Hall–Kier alpha value is -1.77. The first-order chi connectivity index (χ1) is 12.7. The van der Waals surface area contributed by atoms with E-state index in [1.807, 2.05) is 43.0 Å². The Balaban J connectivity index is 1.80. The maximum absolute atomic E-state index is 6.59. The smallest absolute Gasteiger partial charge is 0.0954 e. The summed E-state index contributed by atoms with van der Waals surface area (Å²) in [5.74, 6) is 0.561. The molecule has 0 aliphatic heterocycles. The van der Waals surface area contributed by atoms with Crippen LogP contribution in [0, 0.1) is 0 Å². The third-order valence-corrected chi connectivity index (χ3v) is 6.09. The monoisotopic (exact) mass is 384 g/mol. The van der Waals surface area contributed by atoms with Gasteiger partial charge in [-0.1, -0.05) is 72.8 Å². The van der Waals surface area contributed by atoms with Crippen molar-refractivity contribution in [3.8, 4) is 0 Å². The van der Waals surface area contributed by atoms with Crippen LogP contribution in [0.25, 0.3) is 0 Å². The Morgan fingerprint density at radius 2 is 1.77 bits per heavy atom. The van der Waals surface area contributed by atoms with Crippen LogP contribution in [0.4, 0.5) is 0 Å². The van der Waals surface area contributed by atoms with Crippen LogP contribution < -0.4 is 0 Å². The number of hydrogen-bond acceptors (Lipinski definition) is 1. The molecule has 0 amide bonds. The van der Waals surface area contributed by atoms with Crippen molar-refractivity contribution in [1.29, 1.82) is 0 Å². The van der Waals surface area contributed by atoms with Gasteiger partial charge in [-0.25, -0.2) is 4.98 Å². The maximum Gasteiger partial charge on any atom is 0.0954 e. The second kappa shape index (κ2) is 7.85. The van der Waals surface area contributed by atoms with Crippen molar-refractivity contribution in [1.82, 2.24) is 9.55 Å². The molecule has 0 spiro atoms. The first kappa shape index (κ1) is 17.6. The minimum absolute atomic E-state index is 0.00851. The van der Waals surface area contributed by atoms with Crippen LogP contribution in [0.2, 0.25) is 10.0 Å². The standard InChI is InChI=1S/C22H22Cl2N2/c23-20-9-5-4-8-18(20)22(26-13-12-25-15-26)17-10-11-21(24)19(14-17)16-6-2-1-3-7-16/h4-5,8-16,22H,1-3,6-7H2. The Bertz CT molecular complexity index is 868. The SMILES string of the molecule is Clc1ccc(C(c2ccccc2Cl)n2ccnc2)cc1C1CCCCC1. The third kappa shape index (κ3) is 3.54. The molecule has 2 aromatic carbocycles. The summed E-state index contributed by atoms with van der Waals surface area (Å²) in [6, 6.07) is 14.5. The quantitative estimate of drug-likeness (QED) is 0.479. The lowest BCUT2D eigenvalue weighted by molar-refractivity contribution is 0.443. The van der Waals surface area contributed by atoms with Crippen molar-refractivity contribution in [2.45, 2.75) is 44.1 Å². The first-order valence-corrected chi connectivity index (χ1v) is 10.0. The van der Waals surface area contributed by atoms with Gasteiger partial charge in [0.2, 0.25) is 0 Å². The number of nitrogens with zero attached hydrogens (tertiary/aromatic N) is 2. The van der Waals surface area contributed by atoms with Crippen LogP contribution in [0.3, 0.4) is 0 Å². The molecule has 1 fully saturated rings. The minimum atomic E-state index is -0.00851. The molecule has 2 nitrogen and oxygen atoms in total. The molecule has 4 rings (SSSR count). The Morgan fingerprint density at radius 3 is 2.50 bits per heavy atom. The number of aromatic nitrogens is 2. The van der Waals surface area contributed by atoms with Crippen LogP contribution >= 0.6 is 23.2 Å². The molecule has 3 aromatic rings. The summed E-state index contributed by atoms with van der Waals surface area (Å²) < 4.78 is 2.11. The molecule has 0 saturated heterocycles. The second-order valence-corrected chi connectivity index (χ2v) is 7.86. The predicted octanol–water partition coefficient (Wildman–Crippen LogP) is 6.88. The summed E-state index contributed by atoms with van der Waals surface area (Å²) in [4.78, 5) is 4.25. The lowest BCUT2D eigenvalue weighted by Gasteiger charge is -2.26. The molecule has 1 unspecified atom stereocenters. The zero-order valence-corrected chi connectivity index (χ0v) is 16.1. The highest BCUT2D eigenvalue weighted by Crippen LogP contribution is 2.39. The average Bonchev–Trinajstić information content (AvgIpc) is 3.20. The zero-order chi connectivity index (χ0) is 17.9. The summed E-state index contributed by atoms with van der Waals surface area (Å²) in [7, 11) is 0. The highest BCUT2D eigenvalue weighted by atomic mass is 35.5. The van der Waals surface area contributed by atoms with E-state index in [1.54, 1.807) is 0 Å². The number of benzene rings is 2. The van der Waals surface area contributed by atoms with E-state index >= 15 is 0 Å². The van der Waals surface area contributed by atoms with E-state index in [4.69, 9.17) is 23.2 Å². The Labute approximate surface area is 164 Å². The third-order valence-electron chi connectivity index (χ3n) is 5.40. The molecule has 1 saturated carbocycles. The Kier molecular flexibility index (Phi) is 5.33. The van der Waals surface area contributed by atoms with Gasteiger partial charge in [-0.2, -0.15) is 0 Å². The van der Waals surface area contributed by atoms with Crippen molar-refractivity contribution in [3.63, 3.8) is 0 Å². The minimum Gasteiger partial charge on any atom is -0.326 e. The Morgan fingerprint density at radius 1 is 0.962 bits per heavy atom. The zero-order valence-electron chi connectivity index (χ0n) is 14.6. The van der Waals surface area contributed by atoms with Crippen LogP contribution in [0.5, 0.6) is 0 Å². The van der Waals surface area contributed by atoms with Crippen molar-refractivity contribution < 1.29 is 0 Å². The number of halogens is 2. The lowest BCUT2D eigenvalue weighted by atomic mass is 9.83. The molecule has 134 valence electrons. The normalized spacial score (nSPS) is 16.5. The number of hydrogen-bond donors (Lipinski definition) is 0. The van der Waals surface area contributed by atoms with Gasteiger partial charge in [-0.05, 0) is 47.6 Å². The van der Waals surface area contributed by atoms with Crippen molar-refractivity contribution in [2.24, 2.45) is 0 Å². The lowest BCUT2D eigenvalue weighted by Crippen LogP contribution is -2.13. The highest BCUT2D eigenvalue weighted by Gasteiger charge is 2.23. The molecule has 1 atom stereocenters. The topological polar surface area (TPSA) is 17.8 Å². The highest BCUT2D eigenvalue weighted by molar-refractivity contribution is 6.31. The van der Waals surface area contributed by atoms with Crippen LogP contribution in [0.1, 0.15) is 60.8 Å². The van der Waals surface area contributed by atoms with Crippen molar-refractivity contribution in [3.05, 3.63) is 87.9 Å². The molecular weight excluding hydrogens is 363 g/mol. The fraction of sp³-hybridized carbons (Fsp3) is 0.318. The molecule has 0 radical (unpaired) electrons. The van der Waals surface area contributed by atoms with E-state index in [9.17, 15) is 0 Å². The molecular formula is C22H22Cl2N2. The fourth-order valence-electron chi connectivity index (χ4n) is 4.09. The molecule has 1 heterocycles. The van der Waals surface area contributed by atoms with E-state index < -0.39 is 0 Å².